The van der Waals surface area contributed by atoms with Crippen molar-refractivity contribution in [3.05, 3.63) is 170 Å². The molecule has 5 nitrogen and oxygen atoms in total. The smallest absolute Gasteiger partial charge is 0.235 e. The Morgan fingerprint density at radius 3 is 1.75 bits per heavy atom. The molecule has 0 spiro atoms. The number of hydrogen-bond acceptors (Lipinski definition) is 4. The van der Waals surface area contributed by atoms with E-state index in [4.69, 9.17) is 14.4 Å². The number of para-hydroxylation sites is 3. The van der Waals surface area contributed by atoms with Crippen LogP contribution in [0.3, 0.4) is 0 Å². The largest absolute Gasteiger partial charge is 0.455 e. The lowest BCUT2D eigenvalue weighted by atomic mass is 10.0. The third kappa shape index (κ3) is 4.03. The van der Waals surface area contributed by atoms with E-state index in [0.717, 1.165) is 87.1 Å². The molecule has 56 heavy (non-hydrogen) atoms. The summed E-state index contributed by atoms with van der Waals surface area (Å²) in [5, 5.41) is 10.3. The average molecular weight is 733 g/mol. The van der Waals surface area contributed by atoms with Crippen molar-refractivity contribution in [1.82, 2.24) is 19.1 Å². The molecule has 5 aromatic heterocycles. The summed E-state index contributed by atoms with van der Waals surface area (Å²) in [5.41, 5.74) is 10.2. The first kappa shape index (κ1) is 30.1. The first-order valence-electron chi connectivity index (χ1n) is 18.8. The van der Waals surface area contributed by atoms with Gasteiger partial charge in [-0.2, -0.15) is 0 Å². The highest BCUT2D eigenvalue weighted by atomic mass is 32.1. The van der Waals surface area contributed by atoms with Gasteiger partial charge in [0.15, 0.2) is 0 Å². The lowest BCUT2D eigenvalue weighted by Gasteiger charge is -2.12. The summed E-state index contributed by atoms with van der Waals surface area (Å²) in [6.07, 6.45) is 0. The van der Waals surface area contributed by atoms with E-state index in [1.54, 1.807) is 11.3 Å². The van der Waals surface area contributed by atoms with E-state index in [2.05, 4.69) is 173 Å². The third-order valence-electron chi connectivity index (χ3n) is 11.5. The molecule has 0 unspecified atom stereocenters. The Balaban J connectivity index is 1.13. The topological polar surface area (TPSA) is 48.8 Å². The van der Waals surface area contributed by atoms with Crippen LogP contribution in [0.4, 0.5) is 0 Å². The fourth-order valence-electron chi connectivity index (χ4n) is 9.09. The second-order valence-corrected chi connectivity index (χ2v) is 15.6. The van der Waals surface area contributed by atoms with Gasteiger partial charge in [0.25, 0.3) is 0 Å². The summed E-state index contributed by atoms with van der Waals surface area (Å²) in [4.78, 5) is 10.8. The number of thiophene rings is 1. The normalized spacial score (nSPS) is 12.3. The Labute approximate surface area is 322 Å². The summed E-state index contributed by atoms with van der Waals surface area (Å²) >= 11 is 1.75. The number of fused-ring (bicyclic) bond motifs is 14. The minimum absolute atomic E-state index is 0.640. The van der Waals surface area contributed by atoms with E-state index in [9.17, 15) is 0 Å². The Bertz CT molecular complexity index is 3720. The van der Waals surface area contributed by atoms with Crippen LogP contribution in [0, 0.1) is 0 Å². The molecule has 0 saturated heterocycles. The fourth-order valence-corrected chi connectivity index (χ4v) is 10.2. The van der Waals surface area contributed by atoms with Crippen LogP contribution in [0.5, 0.6) is 0 Å². The number of nitrogens with zero attached hydrogens (tertiary/aromatic N) is 4. The van der Waals surface area contributed by atoms with E-state index < -0.39 is 0 Å². The quantitative estimate of drug-likeness (QED) is 0.182. The summed E-state index contributed by atoms with van der Waals surface area (Å²) in [6.45, 7) is 0. The van der Waals surface area contributed by atoms with Crippen molar-refractivity contribution < 1.29 is 4.42 Å². The molecule has 0 fully saturated rings. The van der Waals surface area contributed by atoms with Gasteiger partial charge in [-0.05, 0) is 36.4 Å². The van der Waals surface area contributed by atoms with Crippen LogP contribution in [0.2, 0.25) is 0 Å². The monoisotopic (exact) mass is 732 g/mol. The molecular weight excluding hydrogens is 705 g/mol. The second kappa shape index (κ2) is 11.1. The van der Waals surface area contributed by atoms with E-state index in [0.29, 0.717) is 5.95 Å². The zero-order chi connectivity index (χ0) is 36.5. The van der Waals surface area contributed by atoms with Crippen molar-refractivity contribution in [2.45, 2.75) is 0 Å². The highest BCUT2D eigenvalue weighted by Crippen LogP contribution is 2.44. The van der Waals surface area contributed by atoms with Gasteiger partial charge in [0.1, 0.15) is 11.2 Å². The Morgan fingerprint density at radius 1 is 0.429 bits per heavy atom. The molecule has 13 aromatic rings. The van der Waals surface area contributed by atoms with Crippen LogP contribution in [0.1, 0.15) is 0 Å². The number of furan rings is 1. The van der Waals surface area contributed by atoms with Gasteiger partial charge in [-0.3, -0.25) is 4.57 Å². The molecule has 0 aliphatic rings. The molecule has 0 aliphatic carbocycles. The van der Waals surface area contributed by atoms with Crippen molar-refractivity contribution in [3.8, 4) is 22.9 Å². The zero-order valence-electron chi connectivity index (χ0n) is 29.8. The van der Waals surface area contributed by atoms with Gasteiger partial charge in [0.2, 0.25) is 5.95 Å². The van der Waals surface area contributed by atoms with Crippen molar-refractivity contribution in [3.63, 3.8) is 0 Å². The van der Waals surface area contributed by atoms with Crippen molar-refractivity contribution in [2.75, 3.05) is 0 Å². The van der Waals surface area contributed by atoms with Crippen LogP contribution >= 0.6 is 11.3 Å². The first-order chi connectivity index (χ1) is 27.8. The maximum Gasteiger partial charge on any atom is 0.235 e. The standard InChI is InChI=1S/C50H28N4OS/c1-2-14-29(15-3-1)46-49-47(35-21-9-13-25-45(35)56-49)52-50(51-46)54-41-24-12-8-19-33(41)36-26-37-38-27-42(32-18-4-5-20-34(32)48(38)55-44(37)28-43(36)54)53-39-22-10-6-16-30(39)31-17-7-11-23-40(31)53/h1-28H. The highest BCUT2D eigenvalue weighted by Gasteiger charge is 2.23. The summed E-state index contributed by atoms with van der Waals surface area (Å²) < 4.78 is 13.9. The van der Waals surface area contributed by atoms with E-state index in [-0.39, 0.29) is 0 Å². The van der Waals surface area contributed by atoms with E-state index >= 15 is 0 Å². The summed E-state index contributed by atoms with van der Waals surface area (Å²) in [6, 6.07) is 60.4. The van der Waals surface area contributed by atoms with Gasteiger partial charge in [0.05, 0.1) is 43.7 Å². The molecule has 5 heterocycles. The number of aromatic nitrogens is 4. The van der Waals surface area contributed by atoms with Crippen molar-refractivity contribution in [1.29, 1.82) is 0 Å². The minimum Gasteiger partial charge on any atom is -0.455 e. The number of rotatable bonds is 3. The van der Waals surface area contributed by atoms with Gasteiger partial charge < -0.3 is 8.98 Å². The summed E-state index contributed by atoms with van der Waals surface area (Å²) in [7, 11) is 0. The third-order valence-corrected chi connectivity index (χ3v) is 12.7. The Kier molecular flexibility index (Phi) is 5.98. The van der Waals surface area contributed by atoms with Crippen LogP contribution in [-0.4, -0.2) is 19.1 Å². The minimum atomic E-state index is 0.640. The lowest BCUT2D eigenvalue weighted by Crippen LogP contribution is -2.02. The number of benzene rings is 8. The highest BCUT2D eigenvalue weighted by molar-refractivity contribution is 7.26. The zero-order valence-corrected chi connectivity index (χ0v) is 30.6. The summed E-state index contributed by atoms with van der Waals surface area (Å²) in [5.74, 6) is 0.640. The van der Waals surface area contributed by atoms with E-state index in [1.807, 2.05) is 6.07 Å². The molecule has 0 N–H and O–H groups in total. The maximum absolute atomic E-state index is 6.95. The predicted octanol–water partition coefficient (Wildman–Crippen LogP) is 13.8. The van der Waals surface area contributed by atoms with Crippen molar-refractivity contribution >= 4 is 108 Å². The van der Waals surface area contributed by atoms with Crippen LogP contribution in [-0.2, 0) is 0 Å². The molecule has 13 rings (SSSR count). The molecule has 0 saturated carbocycles. The van der Waals surface area contributed by atoms with Gasteiger partial charge in [0, 0.05) is 64.8 Å². The Morgan fingerprint density at radius 2 is 1.02 bits per heavy atom. The van der Waals surface area contributed by atoms with Gasteiger partial charge in [-0.15, -0.1) is 11.3 Å². The molecule has 0 amide bonds. The fraction of sp³-hybridized carbons (Fsp3) is 0. The first-order valence-corrected chi connectivity index (χ1v) is 19.6. The van der Waals surface area contributed by atoms with Gasteiger partial charge in [-0.1, -0.05) is 127 Å². The maximum atomic E-state index is 6.95. The van der Waals surface area contributed by atoms with Gasteiger partial charge in [-0.25, -0.2) is 9.97 Å². The van der Waals surface area contributed by atoms with Crippen molar-refractivity contribution in [2.24, 2.45) is 0 Å². The van der Waals surface area contributed by atoms with Crippen LogP contribution < -0.4 is 0 Å². The predicted molar refractivity (Wildman–Crippen MR) is 234 cm³/mol. The average Bonchev–Trinajstić information content (AvgIpc) is 4.00. The molecule has 8 aromatic carbocycles. The van der Waals surface area contributed by atoms with E-state index in [1.165, 1.54) is 26.5 Å². The van der Waals surface area contributed by atoms with Gasteiger partial charge >= 0.3 is 0 Å². The lowest BCUT2D eigenvalue weighted by molar-refractivity contribution is 0.673. The Hall–Kier alpha value is -7.28. The molecule has 0 aliphatic heterocycles. The van der Waals surface area contributed by atoms with Crippen LogP contribution in [0.15, 0.2) is 174 Å². The molecular formula is C50H28N4OS. The SMILES string of the molecule is c1ccc(-c2nc(-n3c4ccccc4c4cc5c(cc43)oc3c4ccccc4c(-n4c6ccccc6c6ccccc64)cc53)nc3c2sc2ccccc23)cc1. The molecule has 0 bridgehead atoms. The molecule has 260 valence electrons. The second-order valence-electron chi connectivity index (χ2n) is 14.5. The molecule has 0 atom stereocenters. The molecule has 6 heteroatoms. The number of hydrogen-bond donors (Lipinski definition) is 0. The van der Waals surface area contributed by atoms with Crippen LogP contribution in [0.25, 0.3) is 120 Å². The molecule has 0 radical (unpaired) electrons.